The standard InChI is InChI=1S/C15H19F3N2O/c1-11(14(21)20-9-3-2-4-10-20)19-13-7-5-12(6-8-13)15(16,17)18/h5-8,11,19H,2-4,9-10H2,1H3. The van der Waals surface area contributed by atoms with E-state index < -0.39 is 17.8 Å². The Hall–Kier alpha value is -1.72. The maximum atomic E-state index is 12.5. The van der Waals surface area contributed by atoms with Crippen molar-refractivity contribution in [2.75, 3.05) is 18.4 Å². The number of benzene rings is 1. The van der Waals surface area contributed by atoms with Crippen LogP contribution < -0.4 is 5.32 Å². The van der Waals surface area contributed by atoms with E-state index in [-0.39, 0.29) is 5.91 Å². The van der Waals surface area contributed by atoms with Crippen LogP contribution in [0.15, 0.2) is 24.3 Å². The molecule has 6 heteroatoms. The number of piperidine rings is 1. The van der Waals surface area contributed by atoms with Gasteiger partial charge in [-0.15, -0.1) is 0 Å². The van der Waals surface area contributed by atoms with E-state index in [0.717, 1.165) is 44.5 Å². The summed E-state index contributed by atoms with van der Waals surface area (Å²) in [5, 5.41) is 2.96. The highest BCUT2D eigenvalue weighted by atomic mass is 19.4. The van der Waals surface area contributed by atoms with E-state index in [2.05, 4.69) is 5.32 Å². The first kappa shape index (κ1) is 15.7. The van der Waals surface area contributed by atoms with Gasteiger partial charge in [-0.1, -0.05) is 0 Å². The van der Waals surface area contributed by atoms with Gasteiger partial charge in [-0.25, -0.2) is 0 Å². The van der Waals surface area contributed by atoms with Crippen molar-refractivity contribution in [3.05, 3.63) is 29.8 Å². The van der Waals surface area contributed by atoms with Crippen LogP contribution in [-0.4, -0.2) is 29.9 Å². The lowest BCUT2D eigenvalue weighted by molar-refractivity contribution is -0.137. The van der Waals surface area contributed by atoms with Crippen LogP contribution in [0.4, 0.5) is 18.9 Å². The predicted octanol–water partition coefficient (Wildman–Crippen LogP) is 3.52. The molecule has 0 radical (unpaired) electrons. The first-order valence-corrected chi connectivity index (χ1v) is 7.10. The molecule has 21 heavy (non-hydrogen) atoms. The Bertz CT molecular complexity index is 479. The third-order valence-corrected chi connectivity index (χ3v) is 3.63. The van der Waals surface area contributed by atoms with Crippen molar-refractivity contribution in [3.8, 4) is 0 Å². The molecule has 3 nitrogen and oxygen atoms in total. The van der Waals surface area contributed by atoms with Crippen molar-refractivity contribution < 1.29 is 18.0 Å². The summed E-state index contributed by atoms with van der Waals surface area (Å²) in [5.74, 6) is -0.00500. The topological polar surface area (TPSA) is 32.3 Å². The van der Waals surface area contributed by atoms with E-state index in [1.54, 1.807) is 6.92 Å². The zero-order valence-corrected chi connectivity index (χ0v) is 11.9. The van der Waals surface area contributed by atoms with E-state index in [0.29, 0.717) is 5.69 Å². The number of hydrogen-bond acceptors (Lipinski definition) is 2. The quantitative estimate of drug-likeness (QED) is 0.926. The average molecular weight is 300 g/mol. The number of halogens is 3. The fraction of sp³-hybridized carbons (Fsp3) is 0.533. The molecule has 1 fully saturated rings. The maximum Gasteiger partial charge on any atom is 0.416 e. The normalized spacial score (nSPS) is 17.4. The lowest BCUT2D eigenvalue weighted by Crippen LogP contribution is -2.43. The van der Waals surface area contributed by atoms with Crippen LogP contribution in [0.2, 0.25) is 0 Å². The van der Waals surface area contributed by atoms with Crippen LogP contribution in [0, 0.1) is 0 Å². The minimum absolute atomic E-state index is 0.00500. The van der Waals surface area contributed by atoms with Crippen molar-refractivity contribution in [1.29, 1.82) is 0 Å². The molecule has 1 N–H and O–H groups in total. The van der Waals surface area contributed by atoms with Crippen LogP contribution >= 0.6 is 0 Å². The fourth-order valence-corrected chi connectivity index (χ4v) is 2.46. The first-order chi connectivity index (χ1) is 9.88. The number of carbonyl (C=O) groups excluding carboxylic acids is 1. The summed E-state index contributed by atoms with van der Waals surface area (Å²) in [4.78, 5) is 14.0. The van der Waals surface area contributed by atoms with Gasteiger partial charge in [0, 0.05) is 18.8 Å². The Morgan fingerprint density at radius 2 is 1.71 bits per heavy atom. The van der Waals surface area contributed by atoms with Crippen LogP contribution in [0.1, 0.15) is 31.7 Å². The Labute approximate surface area is 122 Å². The van der Waals surface area contributed by atoms with Crippen LogP contribution in [0.5, 0.6) is 0 Å². The molecule has 0 aromatic heterocycles. The van der Waals surface area contributed by atoms with Gasteiger partial charge >= 0.3 is 6.18 Å². The largest absolute Gasteiger partial charge is 0.416 e. The zero-order chi connectivity index (χ0) is 15.5. The van der Waals surface area contributed by atoms with Crippen molar-refractivity contribution in [1.82, 2.24) is 4.90 Å². The zero-order valence-electron chi connectivity index (χ0n) is 11.9. The number of rotatable bonds is 3. The smallest absolute Gasteiger partial charge is 0.374 e. The summed E-state index contributed by atoms with van der Waals surface area (Å²) in [5.41, 5.74) is -0.177. The molecule has 1 atom stereocenters. The van der Waals surface area contributed by atoms with Gasteiger partial charge in [-0.2, -0.15) is 13.2 Å². The molecule has 1 saturated heterocycles. The molecule has 1 aromatic carbocycles. The molecule has 0 spiro atoms. The molecular weight excluding hydrogens is 281 g/mol. The molecule has 0 aliphatic carbocycles. The van der Waals surface area contributed by atoms with Gasteiger partial charge in [0.15, 0.2) is 0 Å². The van der Waals surface area contributed by atoms with Crippen molar-refractivity contribution in [3.63, 3.8) is 0 Å². The molecular formula is C15H19F3N2O. The molecule has 0 bridgehead atoms. The van der Waals surface area contributed by atoms with E-state index in [9.17, 15) is 18.0 Å². The number of nitrogens with one attached hydrogen (secondary N) is 1. The maximum absolute atomic E-state index is 12.5. The highest BCUT2D eigenvalue weighted by molar-refractivity contribution is 5.84. The van der Waals surface area contributed by atoms with Gasteiger partial charge in [-0.3, -0.25) is 4.79 Å². The van der Waals surface area contributed by atoms with E-state index in [1.807, 2.05) is 4.90 Å². The molecule has 1 aromatic rings. The van der Waals surface area contributed by atoms with E-state index in [4.69, 9.17) is 0 Å². The van der Waals surface area contributed by atoms with Gasteiger partial charge in [0.25, 0.3) is 0 Å². The number of likely N-dealkylation sites (tertiary alicyclic amines) is 1. The molecule has 2 rings (SSSR count). The molecule has 1 amide bonds. The second-order valence-corrected chi connectivity index (χ2v) is 5.33. The highest BCUT2D eigenvalue weighted by Crippen LogP contribution is 2.29. The van der Waals surface area contributed by atoms with Crippen molar-refractivity contribution in [2.45, 2.75) is 38.4 Å². The minimum Gasteiger partial charge on any atom is -0.374 e. The van der Waals surface area contributed by atoms with Crippen LogP contribution in [0.25, 0.3) is 0 Å². The lowest BCUT2D eigenvalue weighted by Gasteiger charge is -2.29. The summed E-state index contributed by atoms with van der Waals surface area (Å²) < 4.78 is 37.4. The van der Waals surface area contributed by atoms with Crippen molar-refractivity contribution >= 4 is 11.6 Å². The summed E-state index contributed by atoms with van der Waals surface area (Å²) in [6.45, 7) is 3.25. The predicted molar refractivity (Wildman–Crippen MR) is 75.0 cm³/mol. The monoisotopic (exact) mass is 300 g/mol. The summed E-state index contributed by atoms with van der Waals surface area (Å²) in [6, 6.07) is 4.28. The average Bonchev–Trinajstić information content (AvgIpc) is 2.47. The van der Waals surface area contributed by atoms with Crippen molar-refractivity contribution in [2.24, 2.45) is 0 Å². The van der Waals surface area contributed by atoms with Gasteiger partial charge in [0.2, 0.25) is 5.91 Å². The number of carbonyl (C=O) groups is 1. The summed E-state index contributed by atoms with van der Waals surface area (Å²) in [6.07, 6.45) is -1.17. The number of anilines is 1. The lowest BCUT2D eigenvalue weighted by atomic mass is 10.1. The molecule has 116 valence electrons. The van der Waals surface area contributed by atoms with E-state index in [1.165, 1.54) is 12.1 Å². The Kier molecular flexibility index (Phi) is 4.75. The van der Waals surface area contributed by atoms with Gasteiger partial charge < -0.3 is 10.2 Å². The molecule has 1 aliphatic rings. The van der Waals surface area contributed by atoms with E-state index >= 15 is 0 Å². The Balaban J connectivity index is 1.95. The molecule has 0 saturated carbocycles. The summed E-state index contributed by atoms with van der Waals surface area (Å²) >= 11 is 0. The Morgan fingerprint density at radius 1 is 1.14 bits per heavy atom. The second-order valence-electron chi connectivity index (χ2n) is 5.33. The number of nitrogens with zero attached hydrogens (tertiary/aromatic N) is 1. The van der Waals surface area contributed by atoms with Crippen LogP contribution in [-0.2, 0) is 11.0 Å². The molecule has 1 heterocycles. The number of amides is 1. The third-order valence-electron chi connectivity index (χ3n) is 3.63. The first-order valence-electron chi connectivity index (χ1n) is 7.10. The Morgan fingerprint density at radius 3 is 2.24 bits per heavy atom. The summed E-state index contributed by atoms with van der Waals surface area (Å²) in [7, 11) is 0. The highest BCUT2D eigenvalue weighted by Gasteiger charge is 2.30. The van der Waals surface area contributed by atoms with Gasteiger partial charge in [0.05, 0.1) is 5.56 Å². The second kappa shape index (κ2) is 6.37. The van der Waals surface area contributed by atoms with Gasteiger partial charge in [0.1, 0.15) is 6.04 Å². The fourth-order valence-electron chi connectivity index (χ4n) is 2.46. The SMILES string of the molecule is CC(Nc1ccc(C(F)(F)F)cc1)C(=O)N1CCCCC1. The third kappa shape index (κ3) is 4.12. The number of hydrogen-bond donors (Lipinski definition) is 1. The number of alkyl halides is 3. The molecule has 1 aliphatic heterocycles. The van der Waals surface area contributed by atoms with Gasteiger partial charge in [-0.05, 0) is 50.5 Å². The molecule has 1 unspecified atom stereocenters. The van der Waals surface area contributed by atoms with Crippen LogP contribution in [0.3, 0.4) is 0 Å². The minimum atomic E-state index is -4.34.